The van der Waals surface area contributed by atoms with E-state index >= 15 is 0 Å². The van der Waals surface area contributed by atoms with Crippen LogP contribution in [-0.4, -0.2) is 43.4 Å². The lowest BCUT2D eigenvalue weighted by molar-refractivity contribution is 0.102. The van der Waals surface area contributed by atoms with Crippen molar-refractivity contribution in [3.8, 4) is 5.75 Å². The minimum absolute atomic E-state index is 0.162. The normalized spacial score (nSPS) is 12.4. The van der Waals surface area contributed by atoms with Gasteiger partial charge in [0.05, 0.1) is 11.5 Å². The highest BCUT2D eigenvalue weighted by Crippen LogP contribution is 2.32. The molecule has 0 aliphatic heterocycles. The number of nitrogens with zero attached hydrogens (tertiary/aromatic N) is 1. The quantitative estimate of drug-likeness (QED) is 0.523. The van der Waals surface area contributed by atoms with E-state index in [-0.39, 0.29) is 17.4 Å². The van der Waals surface area contributed by atoms with E-state index in [0.717, 1.165) is 16.0 Å². The van der Waals surface area contributed by atoms with Gasteiger partial charge < -0.3 is 9.84 Å². The van der Waals surface area contributed by atoms with Crippen LogP contribution in [0.15, 0.2) is 68.7 Å². The first-order valence-electron chi connectivity index (χ1n) is 8.86. The predicted octanol–water partition coefficient (Wildman–Crippen LogP) is 3.71. The first-order chi connectivity index (χ1) is 14.2. The molecule has 3 aromatic rings. The van der Waals surface area contributed by atoms with Gasteiger partial charge in [-0.1, -0.05) is 11.8 Å². The van der Waals surface area contributed by atoms with Crippen molar-refractivity contribution in [3.63, 3.8) is 0 Å². The Hall–Kier alpha value is -2.40. The highest BCUT2D eigenvalue weighted by atomic mass is 32.2. The van der Waals surface area contributed by atoms with Gasteiger partial charge in [0.15, 0.2) is 15.0 Å². The molecule has 0 bridgehead atoms. The number of rotatable bonds is 8. The molecule has 1 unspecified atom stereocenters. The number of aliphatic hydroxyl groups excluding tert-OH is 1. The van der Waals surface area contributed by atoms with Gasteiger partial charge in [-0.25, -0.2) is 13.4 Å². The smallest absolute Gasteiger partial charge is 0.257 e. The molecule has 0 radical (unpaired) electrons. The summed E-state index contributed by atoms with van der Waals surface area (Å²) in [5.74, 6) is 0.111. The van der Waals surface area contributed by atoms with Crippen LogP contribution in [0, 0.1) is 0 Å². The van der Waals surface area contributed by atoms with Gasteiger partial charge in [-0.15, -0.1) is 11.3 Å². The molecule has 30 heavy (non-hydrogen) atoms. The molecule has 1 heterocycles. The van der Waals surface area contributed by atoms with E-state index in [1.165, 1.54) is 23.1 Å². The Balaban J connectivity index is 1.88. The van der Waals surface area contributed by atoms with Crippen LogP contribution >= 0.6 is 23.1 Å². The van der Waals surface area contributed by atoms with Crippen molar-refractivity contribution < 1.29 is 23.1 Å². The SMILES string of the molecule is CC(CO)Oc1cc(Sc2ccc(S(C)(=O)=O)cc2)cc(C(=O)Nc2nccs2)c1. The van der Waals surface area contributed by atoms with Crippen LogP contribution in [0.1, 0.15) is 17.3 Å². The number of hydrogen-bond donors (Lipinski definition) is 2. The maximum Gasteiger partial charge on any atom is 0.257 e. The van der Waals surface area contributed by atoms with E-state index in [4.69, 9.17) is 4.74 Å². The molecule has 10 heteroatoms. The molecule has 0 aliphatic carbocycles. The van der Waals surface area contributed by atoms with Crippen molar-refractivity contribution in [3.05, 3.63) is 59.6 Å². The van der Waals surface area contributed by atoms with E-state index in [1.807, 2.05) is 0 Å². The van der Waals surface area contributed by atoms with E-state index in [0.29, 0.717) is 16.4 Å². The number of benzene rings is 2. The van der Waals surface area contributed by atoms with Crippen LogP contribution in [0.25, 0.3) is 0 Å². The summed E-state index contributed by atoms with van der Waals surface area (Å²) in [5, 5.41) is 14.3. The van der Waals surface area contributed by atoms with Crippen molar-refractivity contribution >= 4 is 44.0 Å². The van der Waals surface area contributed by atoms with Gasteiger partial charge in [0.25, 0.3) is 5.91 Å². The number of carbonyl (C=O) groups excluding carboxylic acids is 1. The zero-order valence-electron chi connectivity index (χ0n) is 16.2. The Morgan fingerprint density at radius 3 is 2.57 bits per heavy atom. The van der Waals surface area contributed by atoms with E-state index in [9.17, 15) is 18.3 Å². The highest BCUT2D eigenvalue weighted by Gasteiger charge is 2.14. The van der Waals surface area contributed by atoms with Gasteiger partial charge in [-0.3, -0.25) is 10.1 Å². The molecule has 0 saturated carbocycles. The third-order valence-electron chi connectivity index (χ3n) is 3.88. The predicted molar refractivity (Wildman–Crippen MR) is 117 cm³/mol. The Labute approximate surface area is 183 Å². The van der Waals surface area contributed by atoms with Crippen LogP contribution in [-0.2, 0) is 9.84 Å². The van der Waals surface area contributed by atoms with Gasteiger partial charge in [0.1, 0.15) is 11.9 Å². The molecule has 1 amide bonds. The lowest BCUT2D eigenvalue weighted by Crippen LogP contribution is -2.17. The van der Waals surface area contributed by atoms with Crippen LogP contribution < -0.4 is 10.1 Å². The van der Waals surface area contributed by atoms with Gasteiger partial charge in [0.2, 0.25) is 0 Å². The van der Waals surface area contributed by atoms with Crippen molar-refractivity contribution in [1.29, 1.82) is 0 Å². The number of ether oxygens (including phenoxy) is 1. The van der Waals surface area contributed by atoms with Crippen molar-refractivity contribution in [2.45, 2.75) is 27.7 Å². The minimum Gasteiger partial charge on any atom is -0.488 e. The zero-order valence-corrected chi connectivity index (χ0v) is 18.7. The monoisotopic (exact) mass is 464 g/mol. The maximum absolute atomic E-state index is 12.7. The second-order valence-electron chi connectivity index (χ2n) is 6.44. The molecule has 1 atom stereocenters. The summed E-state index contributed by atoms with van der Waals surface area (Å²) in [7, 11) is -3.27. The molecule has 7 nitrogen and oxygen atoms in total. The number of nitrogens with one attached hydrogen (secondary N) is 1. The average molecular weight is 465 g/mol. The Morgan fingerprint density at radius 2 is 1.97 bits per heavy atom. The lowest BCUT2D eigenvalue weighted by Gasteiger charge is -2.14. The zero-order chi connectivity index (χ0) is 21.7. The number of sulfone groups is 1. The number of amides is 1. The van der Waals surface area contributed by atoms with Crippen molar-refractivity contribution in [2.24, 2.45) is 0 Å². The molecule has 0 fully saturated rings. The number of thiazole rings is 1. The summed E-state index contributed by atoms with van der Waals surface area (Å²) in [5.41, 5.74) is 0.378. The summed E-state index contributed by atoms with van der Waals surface area (Å²) in [4.78, 5) is 18.5. The Morgan fingerprint density at radius 1 is 1.23 bits per heavy atom. The van der Waals surface area contributed by atoms with Gasteiger partial charge >= 0.3 is 0 Å². The molecular weight excluding hydrogens is 444 g/mol. The fraction of sp³-hybridized carbons (Fsp3) is 0.200. The third-order valence-corrected chi connectivity index (χ3v) is 6.67. The first-order valence-corrected chi connectivity index (χ1v) is 12.4. The fourth-order valence-corrected chi connectivity index (χ4v) is 4.50. The van der Waals surface area contributed by atoms with Crippen LogP contribution in [0.3, 0.4) is 0 Å². The second kappa shape index (κ2) is 9.61. The lowest BCUT2D eigenvalue weighted by atomic mass is 10.2. The molecule has 2 aromatic carbocycles. The minimum atomic E-state index is -3.27. The molecule has 0 saturated heterocycles. The topological polar surface area (TPSA) is 106 Å². The number of aromatic nitrogens is 1. The molecule has 158 valence electrons. The van der Waals surface area contributed by atoms with Gasteiger partial charge in [-0.2, -0.15) is 0 Å². The number of hydrogen-bond acceptors (Lipinski definition) is 8. The standard InChI is InChI=1S/C20H20N2O5S3/c1-13(12-23)27-15-9-14(19(24)22-20-21-7-8-28-20)10-17(11-15)29-16-3-5-18(6-4-16)30(2,25)26/h3-11,13,23H,12H2,1-2H3,(H,21,22,24). The van der Waals surface area contributed by atoms with E-state index < -0.39 is 15.9 Å². The van der Waals surface area contributed by atoms with Crippen molar-refractivity contribution in [2.75, 3.05) is 18.2 Å². The van der Waals surface area contributed by atoms with Gasteiger partial charge in [-0.05, 0) is 49.4 Å². The Kier molecular flexibility index (Phi) is 7.14. The molecule has 2 N–H and O–H groups in total. The van der Waals surface area contributed by atoms with Gasteiger partial charge in [0, 0.05) is 33.2 Å². The summed E-state index contributed by atoms with van der Waals surface area (Å²) >= 11 is 2.68. The molecular formula is C20H20N2O5S3. The molecule has 0 spiro atoms. The number of aliphatic hydroxyl groups is 1. The second-order valence-corrected chi connectivity index (χ2v) is 10.5. The Bertz CT molecular complexity index is 1110. The van der Waals surface area contributed by atoms with E-state index in [2.05, 4.69) is 10.3 Å². The fourth-order valence-electron chi connectivity index (χ4n) is 2.44. The third kappa shape index (κ3) is 6.05. The van der Waals surface area contributed by atoms with Crippen LogP contribution in [0.2, 0.25) is 0 Å². The first kappa shape index (κ1) is 22.3. The maximum atomic E-state index is 12.7. The summed E-state index contributed by atoms with van der Waals surface area (Å²) in [6, 6.07) is 11.6. The van der Waals surface area contributed by atoms with Crippen LogP contribution in [0.5, 0.6) is 5.75 Å². The number of anilines is 1. The number of carbonyl (C=O) groups is 1. The highest BCUT2D eigenvalue weighted by molar-refractivity contribution is 7.99. The molecule has 3 rings (SSSR count). The summed E-state index contributed by atoms with van der Waals surface area (Å²) in [6.07, 6.45) is 2.32. The van der Waals surface area contributed by atoms with Crippen LogP contribution in [0.4, 0.5) is 5.13 Å². The summed E-state index contributed by atoms with van der Waals surface area (Å²) in [6.45, 7) is 1.56. The largest absolute Gasteiger partial charge is 0.488 e. The molecule has 0 aliphatic rings. The molecule has 1 aromatic heterocycles. The van der Waals surface area contributed by atoms with E-state index in [1.54, 1.807) is 61.0 Å². The average Bonchev–Trinajstić information content (AvgIpc) is 3.20. The van der Waals surface area contributed by atoms with Crippen molar-refractivity contribution in [1.82, 2.24) is 4.98 Å². The summed E-state index contributed by atoms with van der Waals surface area (Å²) < 4.78 is 29.0.